The zero-order chi connectivity index (χ0) is 13.7. The summed E-state index contributed by atoms with van der Waals surface area (Å²) >= 11 is 0. The number of ether oxygens (including phenoxy) is 1. The van der Waals surface area contributed by atoms with Crippen molar-refractivity contribution < 1.29 is 14.3 Å². The molecule has 0 aromatic heterocycles. The van der Waals surface area contributed by atoms with Gasteiger partial charge in [-0.15, -0.1) is 12.4 Å². The van der Waals surface area contributed by atoms with Crippen LogP contribution in [0.5, 0.6) is 0 Å². The van der Waals surface area contributed by atoms with Crippen molar-refractivity contribution in [3.8, 4) is 0 Å². The summed E-state index contributed by atoms with van der Waals surface area (Å²) in [6.45, 7) is 3.34. The molecule has 5 nitrogen and oxygen atoms in total. The van der Waals surface area contributed by atoms with Gasteiger partial charge in [0.05, 0.1) is 13.0 Å². The van der Waals surface area contributed by atoms with Crippen LogP contribution in [0.2, 0.25) is 0 Å². The summed E-state index contributed by atoms with van der Waals surface area (Å²) in [5.74, 6) is -0.444. The van der Waals surface area contributed by atoms with Crippen LogP contribution in [0.1, 0.15) is 29.3 Å². The second kappa shape index (κ2) is 7.75. The van der Waals surface area contributed by atoms with Gasteiger partial charge in [0.15, 0.2) is 0 Å². The monoisotopic (exact) mass is 298 g/mol. The molecule has 0 saturated carbocycles. The van der Waals surface area contributed by atoms with Gasteiger partial charge in [-0.05, 0) is 37.1 Å². The fourth-order valence-electron chi connectivity index (χ4n) is 2.06. The number of rotatable bonds is 5. The van der Waals surface area contributed by atoms with E-state index in [0.717, 1.165) is 24.2 Å². The lowest BCUT2D eigenvalue weighted by molar-refractivity contribution is -0.142. The van der Waals surface area contributed by atoms with Crippen molar-refractivity contribution >= 4 is 30.0 Å². The number of carbonyl (C=O) groups excluding carboxylic acids is 2. The fourth-order valence-corrected chi connectivity index (χ4v) is 2.06. The lowest BCUT2D eigenvalue weighted by Crippen LogP contribution is -2.26. The summed E-state index contributed by atoms with van der Waals surface area (Å²) in [4.78, 5) is 23.0. The molecule has 20 heavy (non-hydrogen) atoms. The highest BCUT2D eigenvalue weighted by molar-refractivity contribution is 5.95. The third kappa shape index (κ3) is 4.13. The number of esters is 1. The summed E-state index contributed by atoms with van der Waals surface area (Å²) < 4.78 is 4.79. The molecule has 0 fully saturated rings. The van der Waals surface area contributed by atoms with Gasteiger partial charge in [-0.1, -0.05) is 0 Å². The molecule has 0 aliphatic carbocycles. The van der Waals surface area contributed by atoms with Crippen LogP contribution >= 0.6 is 12.4 Å². The van der Waals surface area contributed by atoms with Gasteiger partial charge in [-0.3, -0.25) is 9.59 Å². The van der Waals surface area contributed by atoms with E-state index in [1.165, 1.54) is 0 Å². The zero-order valence-electron chi connectivity index (χ0n) is 11.4. The van der Waals surface area contributed by atoms with Gasteiger partial charge in [0.2, 0.25) is 0 Å². The molecule has 6 heteroatoms. The number of anilines is 1. The minimum atomic E-state index is -0.291. The predicted molar refractivity (Wildman–Crippen MR) is 79.5 cm³/mol. The van der Waals surface area contributed by atoms with E-state index in [4.69, 9.17) is 4.74 Å². The maximum atomic E-state index is 11.9. The molecule has 1 aliphatic heterocycles. The third-order valence-corrected chi connectivity index (χ3v) is 3.00. The Morgan fingerprint density at radius 1 is 1.40 bits per heavy atom. The van der Waals surface area contributed by atoms with Gasteiger partial charge in [-0.2, -0.15) is 0 Å². The Morgan fingerprint density at radius 3 is 2.95 bits per heavy atom. The quantitative estimate of drug-likeness (QED) is 0.813. The average Bonchev–Trinajstić information content (AvgIpc) is 2.86. The Bertz CT molecular complexity index is 491. The van der Waals surface area contributed by atoms with E-state index in [1.807, 2.05) is 12.1 Å². The largest absolute Gasteiger partial charge is 0.466 e. The number of benzene rings is 1. The molecule has 2 N–H and O–H groups in total. The second-order valence-corrected chi connectivity index (χ2v) is 4.36. The molecule has 0 radical (unpaired) electrons. The molecule has 0 atom stereocenters. The Labute approximate surface area is 124 Å². The number of halogens is 1. The van der Waals surface area contributed by atoms with Crippen LogP contribution in [0.3, 0.4) is 0 Å². The van der Waals surface area contributed by atoms with Gasteiger partial charge in [0, 0.05) is 24.3 Å². The van der Waals surface area contributed by atoms with E-state index in [1.54, 1.807) is 13.0 Å². The lowest BCUT2D eigenvalue weighted by atomic mass is 10.1. The van der Waals surface area contributed by atoms with Crippen molar-refractivity contribution in [1.29, 1.82) is 0 Å². The summed E-state index contributed by atoms with van der Waals surface area (Å²) in [5.41, 5.74) is 2.90. The highest BCUT2D eigenvalue weighted by Gasteiger charge is 2.13. The van der Waals surface area contributed by atoms with Crippen LogP contribution in [0.4, 0.5) is 5.69 Å². The number of amides is 1. The van der Waals surface area contributed by atoms with E-state index in [0.29, 0.717) is 18.7 Å². The maximum absolute atomic E-state index is 11.9. The Morgan fingerprint density at radius 2 is 2.20 bits per heavy atom. The average molecular weight is 299 g/mol. The Kier molecular flexibility index (Phi) is 6.31. The smallest absolute Gasteiger partial charge is 0.307 e. The summed E-state index contributed by atoms with van der Waals surface area (Å²) in [6, 6.07) is 5.61. The van der Waals surface area contributed by atoms with E-state index in [2.05, 4.69) is 10.6 Å². The number of hydrogen-bond acceptors (Lipinski definition) is 4. The standard InChI is InChI=1S/C14H18N2O3.ClH/c1-2-19-13(17)6-8-16-14(18)11-3-4-12-10(9-11)5-7-15-12;/h3-4,9,15H,2,5-8H2,1H3,(H,16,18);1H. The van der Waals surface area contributed by atoms with Crippen LogP contribution in [0.15, 0.2) is 18.2 Å². The van der Waals surface area contributed by atoms with Gasteiger partial charge in [-0.25, -0.2) is 0 Å². The van der Waals surface area contributed by atoms with Crippen LogP contribution in [0, 0.1) is 0 Å². The first kappa shape index (κ1) is 16.3. The first-order chi connectivity index (χ1) is 9.20. The van der Waals surface area contributed by atoms with Gasteiger partial charge in [0.1, 0.15) is 0 Å². The highest BCUT2D eigenvalue weighted by atomic mass is 35.5. The molecule has 0 spiro atoms. The predicted octanol–water partition coefficient (Wildman–Crippen LogP) is 1.76. The minimum absolute atomic E-state index is 0. The second-order valence-electron chi connectivity index (χ2n) is 4.36. The van der Waals surface area contributed by atoms with Crippen LogP contribution in [-0.2, 0) is 16.0 Å². The van der Waals surface area contributed by atoms with Crippen LogP contribution < -0.4 is 10.6 Å². The van der Waals surface area contributed by atoms with Crippen LogP contribution in [0.25, 0.3) is 0 Å². The van der Waals surface area contributed by atoms with Crippen LogP contribution in [-0.4, -0.2) is 31.6 Å². The Balaban J connectivity index is 0.00000200. The Hall–Kier alpha value is -1.75. The first-order valence-electron chi connectivity index (χ1n) is 6.51. The van der Waals surface area contributed by atoms with Crippen molar-refractivity contribution in [2.24, 2.45) is 0 Å². The molecule has 1 amide bonds. The zero-order valence-corrected chi connectivity index (χ0v) is 12.2. The SMILES string of the molecule is CCOC(=O)CCNC(=O)c1ccc2c(c1)CCN2.Cl. The van der Waals surface area contributed by atoms with Crippen molar-refractivity contribution in [2.75, 3.05) is 25.0 Å². The van der Waals surface area contributed by atoms with Crippen molar-refractivity contribution in [3.63, 3.8) is 0 Å². The first-order valence-corrected chi connectivity index (χ1v) is 6.51. The van der Waals surface area contributed by atoms with Gasteiger partial charge in [0.25, 0.3) is 5.91 Å². The van der Waals surface area contributed by atoms with Gasteiger partial charge < -0.3 is 15.4 Å². The van der Waals surface area contributed by atoms with Crippen molar-refractivity contribution in [3.05, 3.63) is 29.3 Å². The van der Waals surface area contributed by atoms with E-state index < -0.39 is 0 Å². The van der Waals surface area contributed by atoms with E-state index in [9.17, 15) is 9.59 Å². The molecule has 1 aromatic rings. The maximum Gasteiger partial charge on any atom is 0.307 e. The summed E-state index contributed by atoms with van der Waals surface area (Å²) in [7, 11) is 0. The molecule has 110 valence electrons. The molecular formula is C14H19ClN2O3. The van der Waals surface area contributed by atoms with E-state index in [-0.39, 0.29) is 30.7 Å². The molecule has 0 saturated heterocycles. The molecule has 2 rings (SSSR count). The number of fused-ring (bicyclic) bond motifs is 1. The number of hydrogen-bond donors (Lipinski definition) is 2. The van der Waals surface area contributed by atoms with Crippen molar-refractivity contribution in [2.45, 2.75) is 19.8 Å². The number of carbonyl (C=O) groups is 2. The lowest BCUT2D eigenvalue weighted by Gasteiger charge is -2.06. The fraction of sp³-hybridized carbons (Fsp3) is 0.429. The minimum Gasteiger partial charge on any atom is -0.466 e. The van der Waals surface area contributed by atoms with Gasteiger partial charge >= 0.3 is 5.97 Å². The summed E-state index contributed by atoms with van der Waals surface area (Å²) in [6.07, 6.45) is 1.14. The third-order valence-electron chi connectivity index (χ3n) is 3.00. The molecule has 1 heterocycles. The summed E-state index contributed by atoms with van der Waals surface area (Å²) in [5, 5.41) is 5.96. The molecule has 0 unspecified atom stereocenters. The number of nitrogens with one attached hydrogen (secondary N) is 2. The molecular weight excluding hydrogens is 280 g/mol. The molecule has 1 aromatic carbocycles. The van der Waals surface area contributed by atoms with E-state index >= 15 is 0 Å². The topological polar surface area (TPSA) is 67.4 Å². The molecule has 0 bridgehead atoms. The van der Waals surface area contributed by atoms with Crippen molar-refractivity contribution in [1.82, 2.24) is 5.32 Å². The normalized spacial score (nSPS) is 11.8. The highest BCUT2D eigenvalue weighted by Crippen LogP contribution is 2.22. The molecule has 1 aliphatic rings.